The number of carbonyl (C=O) groups is 1. The van der Waals surface area contributed by atoms with E-state index in [0.717, 1.165) is 36.4 Å². The van der Waals surface area contributed by atoms with Gasteiger partial charge >= 0.3 is 0 Å². The van der Waals surface area contributed by atoms with Crippen LogP contribution in [0, 0.1) is 0 Å². The number of aromatic nitrogens is 4. The second-order valence-electron chi connectivity index (χ2n) is 9.10. The van der Waals surface area contributed by atoms with Crippen LogP contribution in [0.1, 0.15) is 29.2 Å². The van der Waals surface area contributed by atoms with Crippen LogP contribution in [0.4, 0.5) is 5.82 Å². The third kappa shape index (κ3) is 4.49. The average molecular weight is 491 g/mol. The van der Waals surface area contributed by atoms with Crippen molar-refractivity contribution in [2.45, 2.75) is 18.9 Å². The van der Waals surface area contributed by atoms with Crippen molar-refractivity contribution in [2.75, 3.05) is 18.8 Å². The van der Waals surface area contributed by atoms with E-state index in [-0.39, 0.29) is 11.9 Å². The number of benzene rings is 3. The number of fused-ring (bicyclic) bond motifs is 1. The monoisotopic (exact) mass is 490 g/mol. The first-order valence-electron chi connectivity index (χ1n) is 12.3. The van der Waals surface area contributed by atoms with Crippen molar-refractivity contribution in [3.05, 3.63) is 96.8 Å². The van der Waals surface area contributed by atoms with Gasteiger partial charge in [0.2, 0.25) is 0 Å². The number of hydrogen-bond donors (Lipinski definition) is 1. The predicted molar refractivity (Wildman–Crippen MR) is 142 cm³/mol. The molecule has 8 nitrogen and oxygen atoms in total. The Labute approximate surface area is 214 Å². The zero-order valence-electron chi connectivity index (χ0n) is 20.2. The first-order valence-corrected chi connectivity index (χ1v) is 12.3. The molecule has 0 bridgehead atoms. The molecular formula is C29H26N6O2. The van der Waals surface area contributed by atoms with Gasteiger partial charge in [0.15, 0.2) is 5.65 Å². The molecule has 1 saturated heterocycles. The topological polar surface area (TPSA) is 99.2 Å². The molecule has 6 rings (SSSR count). The lowest BCUT2D eigenvalue weighted by molar-refractivity contribution is 0.0675. The number of para-hydroxylation sites is 1. The van der Waals surface area contributed by atoms with E-state index >= 15 is 0 Å². The molecule has 3 heterocycles. The summed E-state index contributed by atoms with van der Waals surface area (Å²) in [5, 5.41) is 5.69. The third-order valence-corrected chi connectivity index (χ3v) is 6.68. The molecule has 0 saturated carbocycles. The van der Waals surface area contributed by atoms with Crippen LogP contribution in [0.15, 0.2) is 91.3 Å². The van der Waals surface area contributed by atoms with E-state index in [4.69, 9.17) is 15.6 Å². The molecule has 1 fully saturated rings. The lowest BCUT2D eigenvalue weighted by Crippen LogP contribution is -2.41. The normalized spacial score (nSPS) is 15.6. The fourth-order valence-corrected chi connectivity index (χ4v) is 4.86. The first-order chi connectivity index (χ1) is 18.2. The molecule has 1 amide bonds. The maximum Gasteiger partial charge on any atom is 0.253 e. The van der Waals surface area contributed by atoms with Crippen molar-refractivity contribution < 1.29 is 9.53 Å². The minimum Gasteiger partial charge on any atom is -0.457 e. The van der Waals surface area contributed by atoms with Gasteiger partial charge in [0.25, 0.3) is 5.91 Å². The van der Waals surface area contributed by atoms with Crippen LogP contribution in [-0.2, 0) is 0 Å². The lowest BCUT2D eigenvalue weighted by Gasteiger charge is -2.33. The summed E-state index contributed by atoms with van der Waals surface area (Å²) < 4.78 is 7.86. The highest BCUT2D eigenvalue weighted by Crippen LogP contribution is 2.35. The molecule has 8 heteroatoms. The highest BCUT2D eigenvalue weighted by molar-refractivity contribution is 5.98. The predicted octanol–water partition coefficient (Wildman–Crippen LogP) is 5.35. The molecule has 1 aliphatic rings. The Morgan fingerprint density at radius 3 is 2.35 bits per heavy atom. The molecule has 2 N–H and O–H groups in total. The second-order valence-corrected chi connectivity index (χ2v) is 9.10. The van der Waals surface area contributed by atoms with Crippen LogP contribution >= 0.6 is 0 Å². The van der Waals surface area contributed by atoms with Gasteiger partial charge < -0.3 is 15.4 Å². The Balaban J connectivity index is 1.32. The summed E-state index contributed by atoms with van der Waals surface area (Å²) in [4.78, 5) is 23.8. The summed E-state index contributed by atoms with van der Waals surface area (Å²) in [5.74, 6) is 1.91. The number of likely N-dealkylation sites (tertiary alicyclic amines) is 1. The molecule has 0 spiro atoms. The van der Waals surface area contributed by atoms with E-state index in [2.05, 4.69) is 9.97 Å². The minimum absolute atomic E-state index is 0.0207. The van der Waals surface area contributed by atoms with Crippen molar-refractivity contribution >= 4 is 22.8 Å². The second kappa shape index (κ2) is 9.73. The van der Waals surface area contributed by atoms with Crippen LogP contribution in [0.3, 0.4) is 0 Å². The zero-order chi connectivity index (χ0) is 25.2. The third-order valence-electron chi connectivity index (χ3n) is 6.68. The Hall–Kier alpha value is -4.72. The van der Waals surface area contributed by atoms with Crippen LogP contribution < -0.4 is 10.5 Å². The molecule has 0 radical (unpaired) electrons. The maximum absolute atomic E-state index is 13.1. The fraction of sp³-hybridized carbons (Fsp3) is 0.172. The van der Waals surface area contributed by atoms with Crippen molar-refractivity contribution in [3.8, 4) is 22.8 Å². The zero-order valence-corrected chi connectivity index (χ0v) is 20.2. The van der Waals surface area contributed by atoms with E-state index in [9.17, 15) is 4.79 Å². The number of ether oxygens (including phenoxy) is 1. The highest BCUT2D eigenvalue weighted by atomic mass is 16.5. The van der Waals surface area contributed by atoms with Crippen LogP contribution in [0.2, 0.25) is 0 Å². The van der Waals surface area contributed by atoms with Gasteiger partial charge in [-0.1, -0.05) is 36.4 Å². The number of carbonyl (C=O) groups excluding carboxylic acids is 1. The summed E-state index contributed by atoms with van der Waals surface area (Å²) in [7, 11) is 0. The Morgan fingerprint density at radius 1 is 0.892 bits per heavy atom. The molecule has 3 aromatic carbocycles. The maximum atomic E-state index is 13.1. The molecule has 5 aromatic rings. The largest absolute Gasteiger partial charge is 0.457 e. The van der Waals surface area contributed by atoms with Gasteiger partial charge in [-0.05, 0) is 61.4 Å². The first kappa shape index (κ1) is 22.7. The average Bonchev–Trinajstić information content (AvgIpc) is 3.35. The lowest BCUT2D eigenvalue weighted by atomic mass is 10.0. The molecule has 1 atom stereocenters. The van der Waals surface area contributed by atoms with Gasteiger partial charge in [0, 0.05) is 24.2 Å². The van der Waals surface area contributed by atoms with Crippen molar-refractivity contribution in [2.24, 2.45) is 0 Å². The molecule has 2 aromatic heterocycles. The van der Waals surface area contributed by atoms with Gasteiger partial charge in [-0.15, -0.1) is 0 Å². The van der Waals surface area contributed by atoms with Gasteiger partial charge in [0.1, 0.15) is 29.3 Å². The molecule has 0 unspecified atom stereocenters. The van der Waals surface area contributed by atoms with Gasteiger partial charge in [-0.2, -0.15) is 5.10 Å². The van der Waals surface area contributed by atoms with Crippen molar-refractivity contribution in [1.29, 1.82) is 0 Å². The fourth-order valence-electron chi connectivity index (χ4n) is 4.86. The summed E-state index contributed by atoms with van der Waals surface area (Å²) in [6, 6.07) is 26.8. The molecule has 184 valence electrons. The number of piperidine rings is 1. The molecular weight excluding hydrogens is 464 g/mol. The number of anilines is 1. The number of nitrogen functional groups attached to an aromatic ring is 1. The molecule has 0 aliphatic carbocycles. The standard InChI is InChI=1S/C29H26N6O2/c30-27-25-26(20-13-15-24(16-14-20)37-23-11-5-2-6-12-23)33-35(28(25)32-19-31-27)22-10-7-17-34(18-22)29(36)21-8-3-1-4-9-21/h1-6,8-9,11-16,19,22H,7,10,17-18H2,(H2,30,31,32)/t22-/m1/s1. The number of amides is 1. The van der Waals surface area contributed by atoms with Crippen LogP contribution in [-0.4, -0.2) is 43.6 Å². The van der Waals surface area contributed by atoms with E-state index in [1.54, 1.807) is 0 Å². The number of nitrogens with two attached hydrogens (primary N) is 1. The highest BCUT2D eigenvalue weighted by Gasteiger charge is 2.29. The Bertz CT molecular complexity index is 1530. The number of rotatable bonds is 5. The molecule has 1 aliphatic heterocycles. The minimum atomic E-state index is -0.0207. The van der Waals surface area contributed by atoms with Crippen LogP contribution in [0.25, 0.3) is 22.3 Å². The van der Waals surface area contributed by atoms with Crippen molar-refractivity contribution in [1.82, 2.24) is 24.6 Å². The van der Waals surface area contributed by atoms with Crippen molar-refractivity contribution in [3.63, 3.8) is 0 Å². The Kier molecular flexibility index (Phi) is 5.98. The smallest absolute Gasteiger partial charge is 0.253 e. The van der Waals surface area contributed by atoms with E-state index < -0.39 is 0 Å². The molecule has 37 heavy (non-hydrogen) atoms. The van der Waals surface area contributed by atoms with E-state index in [1.807, 2.05) is 94.5 Å². The SMILES string of the molecule is Nc1ncnc2c1c(-c1ccc(Oc3ccccc3)cc1)nn2[C@@H]1CCCN(C(=O)c2ccccc2)C1. The van der Waals surface area contributed by atoms with E-state index in [1.165, 1.54) is 6.33 Å². The van der Waals surface area contributed by atoms with Gasteiger partial charge in [0.05, 0.1) is 11.4 Å². The summed E-state index contributed by atoms with van der Waals surface area (Å²) in [6.45, 7) is 1.27. The van der Waals surface area contributed by atoms with Gasteiger partial charge in [-0.25, -0.2) is 14.6 Å². The summed E-state index contributed by atoms with van der Waals surface area (Å²) in [6.07, 6.45) is 3.24. The quantitative estimate of drug-likeness (QED) is 0.357. The van der Waals surface area contributed by atoms with Crippen LogP contribution in [0.5, 0.6) is 11.5 Å². The van der Waals surface area contributed by atoms with E-state index in [0.29, 0.717) is 34.7 Å². The summed E-state index contributed by atoms with van der Waals surface area (Å²) >= 11 is 0. The number of hydrogen-bond acceptors (Lipinski definition) is 6. The Morgan fingerprint density at radius 2 is 1.59 bits per heavy atom. The van der Waals surface area contributed by atoms with Gasteiger partial charge in [-0.3, -0.25) is 4.79 Å². The summed E-state index contributed by atoms with van der Waals surface area (Å²) in [5.41, 5.74) is 9.29. The number of nitrogens with zero attached hydrogens (tertiary/aromatic N) is 5.